The predicted molar refractivity (Wildman–Crippen MR) is 52.2 cm³/mol. The molecule has 3 nitrogen and oxygen atoms in total. The van der Waals surface area contributed by atoms with Crippen molar-refractivity contribution in [3.63, 3.8) is 0 Å². The van der Waals surface area contributed by atoms with Crippen molar-refractivity contribution in [1.29, 1.82) is 0 Å². The molecule has 0 spiro atoms. The van der Waals surface area contributed by atoms with E-state index >= 15 is 0 Å². The minimum atomic E-state index is -0.511. The van der Waals surface area contributed by atoms with Crippen molar-refractivity contribution in [1.82, 2.24) is 0 Å². The zero-order chi connectivity index (χ0) is 9.84. The van der Waals surface area contributed by atoms with Crippen LogP contribution < -0.4 is 0 Å². The highest BCUT2D eigenvalue weighted by atomic mass is 35.5. The van der Waals surface area contributed by atoms with Gasteiger partial charge in [0.25, 0.3) is 0 Å². The zero-order valence-corrected chi connectivity index (χ0v) is 7.78. The van der Waals surface area contributed by atoms with Crippen molar-refractivity contribution in [3.05, 3.63) is 50.7 Å². The molecule has 0 saturated heterocycles. The minimum Gasteiger partial charge on any atom is -0.259 e. The Morgan fingerprint density at radius 3 is 2.77 bits per heavy atom. The monoisotopic (exact) mass is 197 g/mol. The molecule has 68 valence electrons. The molecular formula is C9H8ClNO2. The van der Waals surface area contributed by atoms with Gasteiger partial charge in [0, 0.05) is 16.7 Å². The number of nitro groups is 1. The molecule has 4 heteroatoms. The zero-order valence-electron chi connectivity index (χ0n) is 7.03. The largest absolute Gasteiger partial charge is 0.259 e. The van der Waals surface area contributed by atoms with Crippen molar-refractivity contribution in [2.24, 2.45) is 0 Å². The third-order valence-electron chi connectivity index (χ3n) is 1.63. The number of nitrogens with zero attached hydrogens (tertiary/aromatic N) is 1. The van der Waals surface area contributed by atoms with E-state index in [9.17, 15) is 10.1 Å². The Morgan fingerprint density at radius 2 is 2.23 bits per heavy atom. The first-order valence-electron chi connectivity index (χ1n) is 3.68. The third kappa shape index (κ3) is 2.56. The summed E-state index contributed by atoms with van der Waals surface area (Å²) in [5, 5.41) is 10.6. The van der Waals surface area contributed by atoms with Crippen LogP contribution in [0, 0.1) is 17.0 Å². The van der Waals surface area contributed by atoms with E-state index in [0.29, 0.717) is 10.6 Å². The Balaban J connectivity index is 3.06. The van der Waals surface area contributed by atoms with Crippen LogP contribution in [0.3, 0.4) is 0 Å². The third-order valence-corrected chi connectivity index (χ3v) is 1.96. The summed E-state index contributed by atoms with van der Waals surface area (Å²) in [7, 11) is 0. The molecule has 0 aliphatic rings. The molecule has 0 saturated carbocycles. The maximum Gasteiger partial charge on any atom is 0.235 e. The average molecular weight is 198 g/mol. The number of hydrogen-bond donors (Lipinski definition) is 0. The maximum atomic E-state index is 10.1. The topological polar surface area (TPSA) is 43.1 Å². The molecule has 0 radical (unpaired) electrons. The Bertz CT molecular complexity index is 340. The van der Waals surface area contributed by atoms with Crippen molar-refractivity contribution in [2.75, 3.05) is 0 Å². The lowest BCUT2D eigenvalue weighted by molar-refractivity contribution is -0.400. The molecule has 0 bridgehead atoms. The molecule has 0 unspecified atom stereocenters. The van der Waals surface area contributed by atoms with Gasteiger partial charge in [-0.2, -0.15) is 0 Å². The van der Waals surface area contributed by atoms with Crippen molar-refractivity contribution in [3.8, 4) is 0 Å². The Hall–Kier alpha value is -1.35. The highest BCUT2D eigenvalue weighted by Gasteiger charge is 2.00. The molecule has 1 rings (SSSR count). The van der Waals surface area contributed by atoms with E-state index in [1.54, 1.807) is 12.1 Å². The number of hydrogen-bond acceptors (Lipinski definition) is 2. The van der Waals surface area contributed by atoms with Gasteiger partial charge in [-0.15, -0.1) is 0 Å². The van der Waals surface area contributed by atoms with Gasteiger partial charge in [-0.05, 0) is 18.6 Å². The van der Waals surface area contributed by atoms with E-state index in [-0.39, 0.29) is 0 Å². The van der Waals surface area contributed by atoms with Crippen molar-refractivity contribution < 1.29 is 4.92 Å². The fourth-order valence-corrected chi connectivity index (χ4v) is 1.28. The highest BCUT2D eigenvalue weighted by molar-refractivity contribution is 6.32. The molecule has 1 aromatic carbocycles. The molecule has 0 atom stereocenters. The first-order chi connectivity index (χ1) is 6.11. The fraction of sp³-hybridized carbons (Fsp3) is 0.111. The van der Waals surface area contributed by atoms with Gasteiger partial charge in [0.05, 0.1) is 4.92 Å². The van der Waals surface area contributed by atoms with E-state index in [0.717, 1.165) is 11.8 Å². The molecular weight excluding hydrogens is 190 g/mol. The molecule has 13 heavy (non-hydrogen) atoms. The summed E-state index contributed by atoms with van der Waals surface area (Å²) in [6.07, 6.45) is 2.28. The smallest absolute Gasteiger partial charge is 0.235 e. The van der Waals surface area contributed by atoms with Crippen LogP contribution in [0.4, 0.5) is 0 Å². The molecule has 1 aromatic rings. The fourth-order valence-electron chi connectivity index (χ4n) is 0.991. The summed E-state index contributed by atoms with van der Waals surface area (Å²) in [5.41, 5.74) is 1.62. The number of halogens is 1. The standard InChI is InChI=1S/C9H8ClNO2/c1-7-3-2-4-9(10)8(7)5-6-11(12)13/h2-6H,1H3. The number of aryl methyl sites for hydroxylation is 1. The summed E-state index contributed by atoms with van der Waals surface area (Å²) in [4.78, 5) is 9.56. The average Bonchev–Trinajstić information content (AvgIpc) is 2.03. The lowest BCUT2D eigenvalue weighted by Gasteiger charge is -2.00. The van der Waals surface area contributed by atoms with Gasteiger partial charge in [0.15, 0.2) is 0 Å². The first-order valence-corrected chi connectivity index (χ1v) is 4.06. The summed E-state index contributed by atoms with van der Waals surface area (Å²) in [5.74, 6) is 0. The molecule has 0 N–H and O–H groups in total. The number of rotatable bonds is 2. The van der Waals surface area contributed by atoms with Gasteiger partial charge in [0.1, 0.15) is 0 Å². The molecule has 0 fully saturated rings. The molecule has 0 aliphatic carbocycles. The van der Waals surface area contributed by atoms with E-state index < -0.39 is 4.92 Å². The Labute approximate surface area is 80.8 Å². The van der Waals surface area contributed by atoms with Gasteiger partial charge in [0.2, 0.25) is 6.20 Å². The number of benzene rings is 1. The van der Waals surface area contributed by atoms with E-state index in [4.69, 9.17) is 11.6 Å². The van der Waals surface area contributed by atoms with Crippen LogP contribution in [-0.2, 0) is 0 Å². The SMILES string of the molecule is Cc1cccc(Cl)c1C=C[N+](=O)[O-]. The van der Waals surface area contributed by atoms with Gasteiger partial charge < -0.3 is 0 Å². The second-order valence-electron chi connectivity index (χ2n) is 2.57. The van der Waals surface area contributed by atoms with Crippen LogP contribution in [0.1, 0.15) is 11.1 Å². The van der Waals surface area contributed by atoms with Crippen LogP contribution >= 0.6 is 11.6 Å². The minimum absolute atomic E-state index is 0.511. The highest BCUT2D eigenvalue weighted by Crippen LogP contribution is 2.20. The lowest BCUT2D eigenvalue weighted by atomic mass is 10.1. The van der Waals surface area contributed by atoms with Crippen molar-refractivity contribution >= 4 is 17.7 Å². The molecule has 0 aliphatic heterocycles. The van der Waals surface area contributed by atoms with E-state index in [1.165, 1.54) is 6.08 Å². The quantitative estimate of drug-likeness (QED) is 0.541. The van der Waals surface area contributed by atoms with Crippen LogP contribution in [0.15, 0.2) is 24.4 Å². The molecule has 0 aromatic heterocycles. The molecule has 0 amide bonds. The van der Waals surface area contributed by atoms with Crippen LogP contribution in [-0.4, -0.2) is 4.92 Å². The van der Waals surface area contributed by atoms with Crippen molar-refractivity contribution in [2.45, 2.75) is 6.92 Å². The second kappa shape index (κ2) is 4.05. The second-order valence-corrected chi connectivity index (χ2v) is 2.98. The van der Waals surface area contributed by atoms with Gasteiger partial charge >= 0.3 is 0 Å². The van der Waals surface area contributed by atoms with Gasteiger partial charge in [-0.3, -0.25) is 10.1 Å². The van der Waals surface area contributed by atoms with E-state index in [1.807, 2.05) is 13.0 Å². The predicted octanol–water partition coefficient (Wildman–Crippen LogP) is 2.90. The Kier molecular flexibility index (Phi) is 3.03. The first kappa shape index (κ1) is 9.74. The molecule has 0 heterocycles. The maximum absolute atomic E-state index is 10.1. The van der Waals surface area contributed by atoms with Crippen LogP contribution in [0.5, 0.6) is 0 Å². The van der Waals surface area contributed by atoms with Gasteiger partial charge in [-0.1, -0.05) is 23.7 Å². The summed E-state index contributed by atoms with van der Waals surface area (Å²) in [6, 6.07) is 5.36. The lowest BCUT2D eigenvalue weighted by Crippen LogP contribution is -1.85. The Morgan fingerprint density at radius 1 is 1.54 bits per heavy atom. The normalized spacial score (nSPS) is 10.6. The summed E-state index contributed by atoms with van der Waals surface area (Å²) in [6.45, 7) is 1.85. The van der Waals surface area contributed by atoms with E-state index in [2.05, 4.69) is 0 Å². The van der Waals surface area contributed by atoms with Gasteiger partial charge in [-0.25, -0.2) is 0 Å². The summed E-state index contributed by atoms with van der Waals surface area (Å²) >= 11 is 5.84. The summed E-state index contributed by atoms with van der Waals surface area (Å²) < 4.78 is 0. The van der Waals surface area contributed by atoms with Crippen LogP contribution in [0.25, 0.3) is 6.08 Å². The van der Waals surface area contributed by atoms with Crippen LogP contribution in [0.2, 0.25) is 5.02 Å².